The molecule has 0 saturated heterocycles. The summed E-state index contributed by atoms with van der Waals surface area (Å²) in [5.41, 5.74) is 0.945. The van der Waals surface area contributed by atoms with Gasteiger partial charge in [-0.05, 0) is 40.8 Å². The van der Waals surface area contributed by atoms with Gasteiger partial charge in [-0.3, -0.25) is 9.48 Å². The van der Waals surface area contributed by atoms with Gasteiger partial charge in [0.05, 0.1) is 17.4 Å². The van der Waals surface area contributed by atoms with Gasteiger partial charge >= 0.3 is 0 Å². The van der Waals surface area contributed by atoms with Crippen molar-refractivity contribution < 1.29 is 13.2 Å². The minimum absolute atomic E-state index is 0. The predicted octanol–water partition coefficient (Wildman–Crippen LogP) is -0.149. The molecule has 3 N–H and O–H groups in total. The summed E-state index contributed by atoms with van der Waals surface area (Å²) in [7, 11) is -0.277. The number of sulfonamides is 1. The zero-order chi connectivity index (χ0) is 16.9. The van der Waals surface area contributed by atoms with E-state index in [4.69, 9.17) is 0 Å². The fourth-order valence-corrected chi connectivity index (χ4v) is 3.76. The quantitative estimate of drug-likeness (QED) is 0.554. The van der Waals surface area contributed by atoms with Crippen molar-refractivity contribution in [3.05, 3.63) is 11.4 Å². The first-order valence-electron chi connectivity index (χ1n) is 7.15. The molecule has 0 aliphatic heterocycles. The molecule has 134 valence electrons. The second-order valence-corrected chi connectivity index (χ2v) is 6.87. The van der Waals surface area contributed by atoms with Crippen molar-refractivity contribution >= 4 is 28.3 Å². The van der Waals surface area contributed by atoms with Crippen molar-refractivity contribution in [2.45, 2.75) is 38.1 Å². The Morgan fingerprint density at radius 1 is 1.30 bits per heavy atom. The van der Waals surface area contributed by atoms with Crippen LogP contribution in [-0.2, 0) is 21.9 Å². The van der Waals surface area contributed by atoms with Crippen molar-refractivity contribution in [2.75, 3.05) is 20.1 Å². The molecule has 1 aromatic heterocycles. The highest BCUT2D eigenvalue weighted by atomic mass is 35.5. The summed E-state index contributed by atoms with van der Waals surface area (Å²) in [5, 5.41) is 9.76. The summed E-state index contributed by atoms with van der Waals surface area (Å²) in [6, 6.07) is -0.849. The van der Waals surface area contributed by atoms with Gasteiger partial charge in [-0.2, -0.15) is 9.82 Å². The number of aryl methyl sites for hydroxylation is 2. The highest BCUT2D eigenvalue weighted by molar-refractivity contribution is 7.89. The van der Waals surface area contributed by atoms with E-state index in [1.54, 1.807) is 20.9 Å². The highest BCUT2D eigenvalue weighted by Crippen LogP contribution is 2.18. The third kappa shape index (κ3) is 5.76. The lowest BCUT2D eigenvalue weighted by molar-refractivity contribution is -0.122. The van der Waals surface area contributed by atoms with E-state index in [1.165, 1.54) is 11.6 Å². The van der Waals surface area contributed by atoms with Gasteiger partial charge in [0.2, 0.25) is 15.9 Å². The zero-order valence-corrected chi connectivity index (χ0v) is 15.8. The smallest absolute Gasteiger partial charge is 0.244 e. The van der Waals surface area contributed by atoms with Crippen LogP contribution >= 0.6 is 12.4 Å². The Bertz CT molecular complexity index is 630. The summed E-state index contributed by atoms with van der Waals surface area (Å²) >= 11 is 0. The van der Waals surface area contributed by atoms with E-state index in [0.29, 0.717) is 17.9 Å². The molecule has 1 unspecified atom stereocenters. The number of amides is 1. The first-order chi connectivity index (χ1) is 10.2. The van der Waals surface area contributed by atoms with Crippen LogP contribution in [0.1, 0.15) is 24.7 Å². The average Bonchev–Trinajstić information content (AvgIpc) is 2.67. The molecule has 1 amide bonds. The number of hydrogen-bond acceptors (Lipinski definition) is 5. The standard InChI is InChI=1S/C13H25N5O3S.ClH/c1-9-12(11(3)18(5)16-9)22(20,21)17-10(2)13(19)15-8-6-7-14-4;/h10,14,17H,6-8H2,1-5H3,(H,15,19);1H. The van der Waals surface area contributed by atoms with E-state index in [0.717, 1.165) is 13.0 Å². The van der Waals surface area contributed by atoms with E-state index in [-0.39, 0.29) is 23.2 Å². The summed E-state index contributed by atoms with van der Waals surface area (Å²) in [6.45, 7) is 6.11. The first kappa shape index (κ1) is 21.8. The minimum atomic E-state index is -3.79. The van der Waals surface area contributed by atoms with Gasteiger partial charge in [0, 0.05) is 13.6 Å². The molecule has 0 aliphatic rings. The second kappa shape index (κ2) is 9.21. The van der Waals surface area contributed by atoms with Gasteiger partial charge in [0.1, 0.15) is 4.90 Å². The SMILES string of the molecule is CNCCCNC(=O)C(C)NS(=O)(=O)c1c(C)nn(C)c1C.Cl. The molecule has 0 aromatic carbocycles. The lowest BCUT2D eigenvalue weighted by Gasteiger charge is -2.14. The Hall–Kier alpha value is -1.16. The molecule has 0 spiro atoms. The summed E-state index contributed by atoms with van der Waals surface area (Å²) < 4.78 is 28.8. The lowest BCUT2D eigenvalue weighted by Crippen LogP contribution is -2.45. The Balaban J connectivity index is 0.00000484. The van der Waals surface area contributed by atoms with Crippen LogP contribution in [0.25, 0.3) is 0 Å². The largest absolute Gasteiger partial charge is 0.355 e. The normalized spacial score (nSPS) is 12.6. The molecular weight excluding hydrogens is 342 g/mol. The van der Waals surface area contributed by atoms with Gasteiger partial charge in [-0.15, -0.1) is 12.4 Å². The fourth-order valence-electron chi connectivity index (χ4n) is 2.12. The van der Waals surface area contributed by atoms with Gasteiger partial charge in [-0.25, -0.2) is 8.42 Å². The maximum Gasteiger partial charge on any atom is 0.244 e. The molecule has 10 heteroatoms. The molecule has 0 aliphatic carbocycles. The molecule has 0 saturated carbocycles. The Labute approximate surface area is 143 Å². The topological polar surface area (TPSA) is 105 Å². The number of nitrogens with zero attached hydrogens (tertiary/aromatic N) is 2. The molecule has 1 heterocycles. The maximum atomic E-state index is 12.4. The van der Waals surface area contributed by atoms with Crippen molar-refractivity contribution in [2.24, 2.45) is 7.05 Å². The van der Waals surface area contributed by atoms with E-state index in [9.17, 15) is 13.2 Å². The highest BCUT2D eigenvalue weighted by Gasteiger charge is 2.27. The van der Waals surface area contributed by atoms with Crippen molar-refractivity contribution in [1.29, 1.82) is 0 Å². The summed E-state index contributed by atoms with van der Waals surface area (Å²) in [5.74, 6) is -0.348. The number of hydrogen-bond donors (Lipinski definition) is 3. The van der Waals surface area contributed by atoms with Crippen LogP contribution in [-0.4, -0.2) is 50.3 Å². The van der Waals surface area contributed by atoms with Crippen molar-refractivity contribution in [3.63, 3.8) is 0 Å². The minimum Gasteiger partial charge on any atom is -0.355 e. The zero-order valence-electron chi connectivity index (χ0n) is 14.1. The van der Waals surface area contributed by atoms with Crippen molar-refractivity contribution in [1.82, 2.24) is 25.1 Å². The van der Waals surface area contributed by atoms with Crippen LogP contribution in [0.3, 0.4) is 0 Å². The van der Waals surface area contributed by atoms with E-state index < -0.39 is 16.1 Å². The average molecular weight is 368 g/mol. The van der Waals surface area contributed by atoms with Crippen LogP contribution in [0.2, 0.25) is 0 Å². The summed E-state index contributed by atoms with van der Waals surface area (Å²) in [6.07, 6.45) is 0.780. The number of carbonyl (C=O) groups excluding carboxylic acids is 1. The summed E-state index contributed by atoms with van der Waals surface area (Å²) in [4.78, 5) is 12.0. The monoisotopic (exact) mass is 367 g/mol. The number of halogens is 1. The number of carbonyl (C=O) groups is 1. The van der Waals surface area contributed by atoms with E-state index >= 15 is 0 Å². The Morgan fingerprint density at radius 2 is 1.91 bits per heavy atom. The van der Waals surface area contributed by atoms with Gasteiger partial charge in [0.15, 0.2) is 0 Å². The molecule has 8 nitrogen and oxygen atoms in total. The molecule has 1 atom stereocenters. The number of aromatic nitrogens is 2. The van der Waals surface area contributed by atoms with Crippen LogP contribution in [0.15, 0.2) is 4.90 Å². The van der Waals surface area contributed by atoms with E-state index in [2.05, 4.69) is 20.5 Å². The number of nitrogens with one attached hydrogen (secondary N) is 3. The molecule has 1 aromatic rings. The predicted molar refractivity (Wildman–Crippen MR) is 91.3 cm³/mol. The van der Waals surface area contributed by atoms with Gasteiger partial charge in [0.25, 0.3) is 0 Å². The molecular formula is C13H26ClN5O3S. The molecule has 0 fully saturated rings. The first-order valence-corrected chi connectivity index (χ1v) is 8.64. The van der Waals surface area contributed by atoms with E-state index in [1.807, 2.05) is 7.05 Å². The van der Waals surface area contributed by atoms with Crippen molar-refractivity contribution in [3.8, 4) is 0 Å². The van der Waals surface area contributed by atoms with Gasteiger partial charge < -0.3 is 10.6 Å². The van der Waals surface area contributed by atoms with Crippen LogP contribution in [0, 0.1) is 13.8 Å². The van der Waals surface area contributed by atoms with Crippen LogP contribution < -0.4 is 15.4 Å². The number of rotatable bonds is 8. The molecule has 23 heavy (non-hydrogen) atoms. The Kier molecular flexibility index (Phi) is 8.75. The second-order valence-electron chi connectivity index (χ2n) is 5.21. The molecule has 0 radical (unpaired) electrons. The molecule has 0 bridgehead atoms. The third-order valence-electron chi connectivity index (χ3n) is 3.34. The van der Waals surface area contributed by atoms with Crippen LogP contribution in [0.4, 0.5) is 0 Å². The Morgan fingerprint density at radius 3 is 2.39 bits per heavy atom. The molecule has 1 rings (SSSR count). The maximum absolute atomic E-state index is 12.4. The van der Waals surface area contributed by atoms with Gasteiger partial charge in [-0.1, -0.05) is 0 Å². The van der Waals surface area contributed by atoms with Crippen LogP contribution in [0.5, 0.6) is 0 Å². The fraction of sp³-hybridized carbons (Fsp3) is 0.692. The lowest BCUT2D eigenvalue weighted by atomic mass is 10.3. The third-order valence-corrected chi connectivity index (χ3v) is 5.13.